The maximum absolute atomic E-state index is 11.0. The summed E-state index contributed by atoms with van der Waals surface area (Å²) < 4.78 is 4.86. The Hall–Kier alpha value is -0.410. The van der Waals surface area contributed by atoms with Crippen molar-refractivity contribution >= 4 is 5.78 Å². The second kappa shape index (κ2) is 3.68. The van der Waals surface area contributed by atoms with E-state index in [-0.39, 0.29) is 12.4 Å². The minimum atomic E-state index is -0.803. The molecule has 59 valence electrons. The van der Waals surface area contributed by atoms with E-state index in [1.807, 2.05) is 0 Å². The monoisotopic (exact) mass is 145 g/mol. The first kappa shape index (κ1) is 9.59. The van der Waals surface area contributed by atoms with Gasteiger partial charge in [0.2, 0.25) is 0 Å². The predicted octanol–water partition coefficient (Wildman–Crippen LogP) is 0.177. The Morgan fingerprint density at radius 2 is 2.20 bits per heavy atom. The molecule has 0 aromatic carbocycles. The van der Waals surface area contributed by atoms with Gasteiger partial charge in [-0.25, -0.2) is 0 Å². The minimum absolute atomic E-state index is 0.197. The third-order valence-corrected chi connectivity index (χ3v) is 1.38. The summed E-state index contributed by atoms with van der Waals surface area (Å²) in [5.74, 6) is -0.197. The highest BCUT2D eigenvalue weighted by Gasteiger charge is 2.25. The second-order valence-corrected chi connectivity index (χ2v) is 2.47. The standard InChI is InChI=1S/C7H13O3/c1-7(2,10-3)6(9)4-5-8/h4,8H,5H2,1-3H3. The number of hydrogen-bond acceptors (Lipinski definition) is 3. The van der Waals surface area contributed by atoms with Crippen LogP contribution < -0.4 is 0 Å². The van der Waals surface area contributed by atoms with E-state index in [0.29, 0.717) is 0 Å². The number of aliphatic hydroxyl groups excluding tert-OH is 1. The smallest absolute Gasteiger partial charge is 0.170 e. The van der Waals surface area contributed by atoms with Gasteiger partial charge in [-0.05, 0) is 13.8 Å². The van der Waals surface area contributed by atoms with Crippen LogP contribution in [0.1, 0.15) is 13.8 Å². The number of carbonyl (C=O) groups excluding carboxylic acids is 1. The van der Waals surface area contributed by atoms with Crippen LogP contribution >= 0.6 is 0 Å². The third kappa shape index (κ3) is 2.45. The molecular formula is C7H13O3. The molecule has 0 saturated carbocycles. The van der Waals surface area contributed by atoms with Gasteiger partial charge in [0.15, 0.2) is 5.78 Å². The fraction of sp³-hybridized carbons (Fsp3) is 0.714. The zero-order valence-electron chi connectivity index (χ0n) is 6.55. The van der Waals surface area contributed by atoms with Crippen molar-refractivity contribution in [1.82, 2.24) is 0 Å². The van der Waals surface area contributed by atoms with Gasteiger partial charge in [-0.1, -0.05) is 0 Å². The van der Waals surface area contributed by atoms with Gasteiger partial charge < -0.3 is 9.84 Å². The molecule has 0 rings (SSSR count). The van der Waals surface area contributed by atoms with Crippen molar-refractivity contribution in [2.75, 3.05) is 13.7 Å². The van der Waals surface area contributed by atoms with Crippen molar-refractivity contribution in [3.8, 4) is 0 Å². The Kier molecular flexibility index (Phi) is 3.53. The number of ketones is 1. The molecule has 0 aromatic rings. The number of carbonyl (C=O) groups is 1. The minimum Gasteiger partial charge on any atom is -0.396 e. The van der Waals surface area contributed by atoms with Gasteiger partial charge >= 0.3 is 0 Å². The van der Waals surface area contributed by atoms with Gasteiger partial charge in [-0.3, -0.25) is 4.79 Å². The van der Waals surface area contributed by atoms with Crippen LogP contribution in [0, 0.1) is 6.42 Å². The number of ether oxygens (including phenoxy) is 1. The molecule has 0 aliphatic rings. The summed E-state index contributed by atoms with van der Waals surface area (Å²) in [6, 6.07) is 0. The van der Waals surface area contributed by atoms with E-state index < -0.39 is 5.60 Å². The Morgan fingerprint density at radius 1 is 1.70 bits per heavy atom. The Bertz CT molecular complexity index is 118. The van der Waals surface area contributed by atoms with E-state index in [1.165, 1.54) is 13.5 Å². The number of Topliss-reactive ketones (excluding diaryl/α,β-unsaturated/α-hetero) is 1. The van der Waals surface area contributed by atoms with Gasteiger partial charge in [0.05, 0.1) is 13.0 Å². The first-order valence-corrected chi connectivity index (χ1v) is 3.08. The van der Waals surface area contributed by atoms with Gasteiger partial charge in [0, 0.05) is 7.11 Å². The van der Waals surface area contributed by atoms with E-state index in [2.05, 4.69) is 0 Å². The summed E-state index contributed by atoms with van der Waals surface area (Å²) in [6.45, 7) is 3.08. The van der Waals surface area contributed by atoms with Crippen LogP contribution in [0.5, 0.6) is 0 Å². The molecule has 0 aliphatic carbocycles. The summed E-state index contributed by atoms with van der Waals surface area (Å²) in [4.78, 5) is 11.0. The van der Waals surface area contributed by atoms with Crippen molar-refractivity contribution in [2.24, 2.45) is 0 Å². The van der Waals surface area contributed by atoms with Crippen LogP contribution in [0.2, 0.25) is 0 Å². The van der Waals surface area contributed by atoms with Gasteiger partial charge in [0.1, 0.15) is 5.60 Å². The van der Waals surface area contributed by atoms with E-state index >= 15 is 0 Å². The lowest BCUT2D eigenvalue weighted by Gasteiger charge is -2.19. The largest absolute Gasteiger partial charge is 0.396 e. The zero-order valence-corrected chi connectivity index (χ0v) is 6.55. The summed E-state index contributed by atoms with van der Waals surface area (Å²) in [5, 5.41) is 8.36. The molecule has 0 heterocycles. The molecule has 0 unspecified atom stereocenters. The average Bonchev–Trinajstić information content (AvgIpc) is 1.89. The SMILES string of the molecule is COC(C)(C)C(=O)[CH]CO. The van der Waals surface area contributed by atoms with Gasteiger partial charge in [-0.2, -0.15) is 0 Å². The van der Waals surface area contributed by atoms with Gasteiger partial charge in [0.25, 0.3) is 0 Å². The van der Waals surface area contributed by atoms with E-state index in [1.54, 1.807) is 13.8 Å². The lowest BCUT2D eigenvalue weighted by Crippen LogP contribution is -2.34. The normalized spacial score (nSPS) is 11.6. The molecule has 3 heteroatoms. The number of aliphatic hydroxyl groups is 1. The van der Waals surface area contributed by atoms with Crippen molar-refractivity contribution in [3.05, 3.63) is 6.42 Å². The molecule has 0 atom stereocenters. The van der Waals surface area contributed by atoms with E-state index in [9.17, 15) is 4.79 Å². The molecular weight excluding hydrogens is 132 g/mol. The molecule has 3 nitrogen and oxygen atoms in total. The van der Waals surface area contributed by atoms with Crippen LogP contribution in [0.4, 0.5) is 0 Å². The van der Waals surface area contributed by atoms with Gasteiger partial charge in [-0.15, -0.1) is 0 Å². The molecule has 0 fully saturated rings. The zero-order chi connectivity index (χ0) is 8.20. The van der Waals surface area contributed by atoms with Crippen molar-refractivity contribution < 1.29 is 14.6 Å². The predicted molar refractivity (Wildman–Crippen MR) is 37.5 cm³/mol. The maximum Gasteiger partial charge on any atom is 0.170 e. The van der Waals surface area contributed by atoms with Crippen LogP contribution in [-0.4, -0.2) is 30.2 Å². The number of rotatable bonds is 4. The highest BCUT2D eigenvalue weighted by Crippen LogP contribution is 2.09. The molecule has 10 heavy (non-hydrogen) atoms. The molecule has 1 N–H and O–H groups in total. The molecule has 1 radical (unpaired) electrons. The maximum atomic E-state index is 11.0. The molecule has 0 bridgehead atoms. The Balaban J connectivity index is 3.91. The first-order valence-electron chi connectivity index (χ1n) is 3.08. The fourth-order valence-electron chi connectivity index (χ4n) is 0.429. The summed E-state index contributed by atoms with van der Waals surface area (Å²) >= 11 is 0. The lowest BCUT2D eigenvalue weighted by atomic mass is 10.0. The van der Waals surface area contributed by atoms with E-state index in [4.69, 9.17) is 9.84 Å². The van der Waals surface area contributed by atoms with Crippen molar-refractivity contribution in [2.45, 2.75) is 19.4 Å². The summed E-state index contributed by atoms with van der Waals surface area (Å²) in [5.41, 5.74) is -0.803. The topological polar surface area (TPSA) is 46.5 Å². The number of hydrogen-bond donors (Lipinski definition) is 1. The second-order valence-electron chi connectivity index (χ2n) is 2.47. The number of methoxy groups -OCH3 is 1. The Morgan fingerprint density at radius 3 is 2.50 bits per heavy atom. The van der Waals surface area contributed by atoms with Crippen LogP contribution in [0.15, 0.2) is 0 Å². The van der Waals surface area contributed by atoms with Crippen LogP contribution in [0.3, 0.4) is 0 Å². The molecule has 0 aliphatic heterocycles. The molecule has 0 spiro atoms. The van der Waals surface area contributed by atoms with Crippen LogP contribution in [0.25, 0.3) is 0 Å². The summed E-state index contributed by atoms with van der Waals surface area (Å²) in [7, 11) is 1.46. The van der Waals surface area contributed by atoms with Crippen LogP contribution in [-0.2, 0) is 9.53 Å². The molecule has 0 aromatic heterocycles. The third-order valence-electron chi connectivity index (χ3n) is 1.38. The Labute approximate surface area is 61.0 Å². The molecule has 0 saturated heterocycles. The first-order chi connectivity index (χ1) is 4.54. The summed E-state index contributed by atoms with van der Waals surface area (Å²) in [6.07, 6.45) is 1.20. The highest BCUT2D eigenvalue weighted by atomic mass is 16.5. The van der Waals surface area contributed by atoms with E-state index in [0.717, 1.165) is 0 Å². The fourth-order valence-corrected chi connectivity index (χ4v) is 0.429. The molecule has 0 amide bonds. The highest BCUT2D eigenvalue weighted by molar-refractivity contribution is 5.93. The quantitative estimate of drug-likeness (QED) is 0.613. The van der Waals surface area contributed by atoms with Crippen molar-refractivity contribution in [3.63, 3.8) is 0 Å². The van der Waals surface area contributed by atoms with Crippen molar-refractivity contribution in [1.29, 1.82) is 0 Å². The lowest BCUT2D eigenvalue weighted by molar-refractivity contribution is -0.133. The average molecular weight is 145 g/mol.